The molecule has 1 N–H and O–H groups in total. The van der Waals surface area contributed by atoms with Crippen LogP contribution < -0.4 is 0 Å². The summed E-state index contributed by atoms with van der Waals surface area (Å²) in [6, 6.07) is 7.21. The molecule has 1 fully saturated rings. The maximum atomic E-state index is 12.6. The Hall–Kier alpha value is -0.910. The Labute approximate surface area is 127 Å². The normalized spacial score (nSPS) is 25.7. The van der Waals surface area contributed by atoms with Crippen LogP contribution in [0.3, 0.4) is 0 Å². The van der Waals surface area contributed by atoms with Gasteiger partial charge in [0.1, 0.15) is 0 Å². The zero-order chi connectivity index (χ0) is 15.6. The van der Waals surface area contributed by atoms with E-state index in [-0.39, 0.29) is 5.92 Å². The van der Waals surface area contributed by atoms with Crippen LogP contribution in [-0.4, -0.2) is 37.0 Å². The molecule has 0 aliphatic carbocycles. The van der Waals surface area contributed by atoms with Crippen molar-refractivity contribution < 1.29 is 13.5 Å². The molecule has 5 heteroatoms. The lowest BCUT2D eigenvalue weighted by Gasteiger charge is -2.33. The first-order chi connectivity index (χ1) is 9.86. The Morgan fingerprint density at radius 3 is 2.48 bits per heavy atom. The van der Waals surface area contributed by atoms with Crippen LogP contribution in [0.15, 0.2) is 29.2 Å². The summed E-state index contributed by atoms with van der Waals surface area (Å²) in [5, 5.41) is 9.73. The monoisotopic (exact) mass is 311 g/mol. The van der Waals surface area contributed by atoms with Crippen molar-refractivity contribution in [2.45, 2.75) is 50.5 Å². The number of nitrogens with zero attached hydrogens (tertiary/aromatic N) is 1. The minimum atomic E-state index is -3.45. The van der Waals surface area contributed by atoms with Crippen molar-refractivity contribution >= 4 is 10.0 Å². The van der Waals surface area contributed by atoms with Gasteiger partial charge in [0.25, 0.3) is 0 Å². The Kier molecular flexibility index (Phi) is 5.07. The number of sulfonamides is 1. The first kappa shape index (κ1) is 16.5. The molecule has 0 amide bonds. The molecule has 0 saturated carbocycles. The molecule has 118 valence electrons. The second kappa shape index (κ2) is 6.46. The van der Waals surface area contributed by atoms with E-state index in [0.29, 0.717) is 30.3 Å². The third-order valence-corrected chi connectivity index (χ3v) is 6.40. The predicted molar refractivity (Wildman–Crippen MR) is 83.7 cm³/mol. The summed E-state index contributed by atoms with van der Waals surface area (Å²) in [6.07, 6.45) is 1.14. The average molecular weight is 311 g/mol. The summed E-state index contributed by atoms with van der Waals surface area (Å²) in [6.45, 7) is 6.92. The Balaban J connectivity index is 2.20. The minimum Gasteiger partial charge on any atom is -0.393 e. The number of aliphatic hydroxyl groups is 1. The van der Waals surface area contributed by atoms with Crippen molar-refractivity contribution in [1.82, 2.24) is 4.31 Å². The molecule has 4 nitrogen and oxygen atoms in total. The van der Waals surface area contributed by atoms with Gasteiger partial charge in [-0.15, -0.1) is 0 Å². The lowest BCUT2D eigenvalue weighted by atomic mass is 9.99. The van der Waals surface area contributed by atoms with E-state index in [2.05, 4.69) is 13.8 Å². The van der Waals surface area contributed by atoms with Crippen LogP contribution in [-0.2, 0) is 10.0 Å². The summed E-state index contributed by atoms with van der Waals surface area (Å²) in [5.41, 5.74) is 1.17. The first-order valence-corrected chi connectivity index (χ1v) is 9.08. The zero-order valence-electron chi connectivity index (χ0n) is 13.0. The van der Waals surface area contributed by atoms with Gasteiger partial charge in [0.2, 0.25) is 10.0 Å². The third-order valence-electron chi connectivity index (χ3n) is 4.52. The van der Waals surface area contributed by atoms with Crippen molar-refractivity contribution in [2.75, 3.05) is 13.1 Å². The second-order valence-corrected chi connectivity index (χ2v) is 8.01. The van der Waals surface area contributed by atoms with E-state index in [1.165, 1.54) is 9.87 Å². The van der Waals surface area contributed by atoms with Gasteiger partial charge >= 0.3 is 0 Å². The maximum absolute atomic E-state index is 12.6. The van der Waals surface area contributed by atoms with Gasteiger partial charge in [-0.25, -0.2) is 8.42 Å². The highest BCUT2D eigenvalue weighted by Gasteiger charge is 2.32. The number of hydrogen-bond acceptors (Lipinski definition) is 3. The largest absolute Gasteiger partial charge is 0.393 e. The van der Waals surface area contributed by atoms with Gasteiger partial charge in [-0.2, -0.15) is 4.31 Å². The zero-order valence-corrected chi connectivity index (χ0v) is 13.8. The van der Waals surface area contributed by atoms with Crippen molar-refractivity contribution in [3.8, 4) is 0 Å². The highest BCUT2D eigenvalue weighted by molar-refractivity contribution is 7.89. The smallest absolute Gasteiger partial charge is 0.243 e. The number of rotatable bonds is 4. The van der Waals surface area contributed by atoms with E-state index in [9.17, 15) is 13.5 Å². The summed E-state index contributed by atoms with van der Waals surface area (Å²) in [5.74, 6) is 0.417. The van der Waals surface area contributed by atoms with Crippen LogP contribution >= 0.6 is 0 Å². The predicted octanol–water partition coefficient (Wildman–Crippen LogP) is 2.59. The summed E-state index contributed by atoms with van der Waals surface area (Å²) >= 11 is 0. The van der Waals surface area contributed by atoms with Gasteiger partial charge in [-0.05, 0) is 42.4 Å². The molecule has 1 aliphatic heterocycles. The molecule has 0 bridgehead atoms. The van der Waals surface area contributed by atoms with Gasteiger partial charge in [0.15, 0.2) is 0 Å². The number of benzene rings is 1. The average Bonchev–Trinajstić information content (AvgIpc) is 2.49. The van der Waals surface area contributed by atoms with Crippen molar-refractivity contribution in [3.63, 3.8) is 0 Å². The molecule has 0 radical (unpaired) electrons. The van der Waals surface area contributed by atoms with Crippen molar-refractivity contribution in [2.24, 2.45) is 5.92 Å². The number of aliphatic hydroxyl groups excluding tert-OH is 1. The Morgan fingerprint density at radius 2 is 1.95 bits per heavy atom. The molecule has 21 heavy (non-hydrogen) atoms. The lowest BCUT2D eigenvalue weighted by Crippen LogP contribution is -2.44. The van der Waals surface area contributed by atoms with Crippen LogP contribution in [0.4, 0.5) is 0 Å². The van der Waals surface area contributed by atoms with E-state index in [0.717, 1.165) is 6.42 Å². The van der Waals surface area contributed by atoms with Gasteiger partial charge in [0, 0.05) is 13.1 Å². The minimum absolute atomic E-state index is 0.0205. The molecule has 2 rings (SSSR count). The highest BCUT2D eigenvalue weighted by Crippen LogP contribution is 2.25. The molecule has 3 unspecified atom stereocenters. The summed E-state index contributed by atoms with van der Waals surface area (Å²) in [7, 11) is -3.45. The Morgan fingerprint density at radius 1 is 1.33 bits per heavy atom. The second-order valence-electron chi connectivity index (χ2n) is 6.07. The number of hydrogen-bond donors (Lipinski definition) is 1. The van der Waals surface area contributed by atoms with Crippen LogP contribution in [0, 0.1) is 5.92 Å². The van der Waals surface area contributed by atoms with E-state index in [1.807, 2.05) is 19.1 Å². The summed E-state index contributed by atoms with van der Waals surface area (Å²) < 4.78 is 26.8. The van der Waals surface area contributed by atoms with Crippen LogP contribution in [0.5, 0.6) is 0 Å². The maximum Gasteiger partial charge on any atom is 0.243 e. The van der Waals surface area contributed by atoms with E-state index in [1.54, 1.807) is 12.1 Å². The fourth-order valence-electron chi connectivity index (χ4n) is 2.67. The molecule has 1 heterocycles. The lowest BCUT2D eigenvalue weighted by molar-refractivity contribution is 0.0628. The fourth-order valence-corrected chi connectivity index (χ4v) is 4.22. The highest BCUT2D eigenvalue weighted by atomic mass is 32.2. The fraction of sp³-hybridized carbons (Fsp3) is 0.625. The van der Waals surface area contributed by atoms with E-state index >= 15 is 0 Å². The van der Waals surface area contributed by atoms with Crippen LogP contribution in [0.25, 0.3) is 0 Å². The van der Waals surface area contributed by atoms with Gasteiger partial charge in [-0.1, -0.05) is 32.9 Å². The van der Waals surface area contributed by atoms with Crippen molar-refractivity contribution in [1.29, 1.82) is 0 Å². The Bertz CT molecular complexity index is 568. The molecule has 3 atom stereocenters. The SMILES string of the molecule is CCC(C)c1ccc(S(=O)(=O)N2CCC(O)C(C)C2)cc1. The van der Waals surface area contributed by atoms with Crippen LogP contribution in [0.1, 0.15) is 45.1 Å². The van der Waals surface area contributed by atoms with Gasteiger partial charge in [0.05, 0.1) is 11.0 Å². The molecule has 1 aromatic carbocycles. The molecule has 0 aromatic heterocycles. The molecular formula is C16H25NO3S. The third kappa shape index (κ3) is 3.47. The molecular weight excluding hydrogens is 286 g/mol. The molecule has 1 aromatic rings. The van der Waals surface area contributed by atoms with Crippen LogP contribution in [0.2, 0.25) is 0 Å². The summed E-state index contributed by atoms with van der Waals surface area (Å²) in [4.78, 5) is 0.346. The standard InChI is InChI=1S/C16H25NO3S/c1-4-12(2)14-5-7-15(8-6-14)21(19,20)17-10-9-16(18)13(3)11-17/h5-8,12-13,16,18H,4,9-11H2,1-3H3. The molecule has 1 saturated heterocycles. The molecule has 0 spiro atoms. The van der Waals surface area contributed by atoms with Crippen molar-refractivity contribution in [3.05, 3.63) is 29.8 Å². The first-order valence-electron chi connectivity index (χ1n) is 7.64. The quantitative estimate of drug-likeness (QED) is 0.930. The van der Waals surface area contributed by atoms with Gasteiger partial charge in [-0.3, -0.25) is 0 Å². The number of piperidine rings is 1. The van der Waals surface area contributed by atoms with Gasteiger partial charge < -0.3 is 5.11 Å². The molecule has 1 aliphatic rings. The van der Waals surface area contributed by atoms with E-state index < -0.39 is 16.1 Å². The topological polar surface area (TPSA) is 57.6 Å². The van der Waals surface area contributed by atoms with E-state index in [4.69, 9.17) is 0 Å².